The molecule has 2 heterocycles. The van der Waals surface area contributed by atoms with Crippen molar-refractivity contribution in [3.8, 4) is 0 Å². The van der Waals surface area contributed by atoms with Crippen molar-refractivity contribution in [3.05, 3.63) is 22.2 Å². The summed E-state index contributed by atoms with van der Waals surface area (Å²) in [7, 11) is 2.12. The minimum Gasteiger partial charge on any atom is -0.295 e. The van der Waals surface area contributed by atoms with Gasteiger partial charge >= 0.3 is 0 Å². The maximum atomic E-state index is 6.11. The van der Waals surface area contributed by atoms with E-state index in [0.29, 0.717) is 11.2 Å². The average molecular weight is 258 g/mol. The molecule has 1 saturated heterocycles. The molecule has 0 spiro atoms. The first-order valence-electron chi connectivity index (χ1n) is 5.38. The van der Waals surface area contributed by atoms with Crippen LogP contribution in [0.2, 0.25) is 5.15 Å². The van der Waals surface area contributed by atoms with Crippen LogP contribution in [-0.2, 0) is 0 Å². The highest BCUT2D eigenvalue weighted by Gasteiger charge is 2.24. The zero-order chi connectivity index (χ0) is 11.7. The molecule has 0 aromatic carbocycles. The number of aromatic nitrogens is 2. The van der Waals surface area contributed by atoms with E-state index in [0.717, 1.165) is 29.4 Å². The Labute approximate surface area is 106 Å². The number of nitrogens with zero attached hydrogens (tertiary/aromatic N) is 3. The molecule has 1 aromatic heterocycles. The molecule has 1 aliphatic rings. The lowest BCUT2D eigenvalue weighted by Gasteiger charge is -2.31. The van der Waals surface area contributed by atoms with E-state index in [-0.39, 0.29) is 0 Å². The summed E-state index contributed by atoms with van der Waals surface area (Å²) in [5, 5.41) is 0.589. The van der Waals surface area contributed by atoms with Gasteiger partial charge in [-0.2, -0.15) is 11.8 Å². The maximum Gasteiger partial charge on any atom is 0.148 e. The Kier molecular flexibility index (Phi) is 3.72. The maximum absolute atomic E-state index is 6.11. The third-order valence-electron chi connectivity index (χ3n) is 3.04. The molecule has 1 aliphatic heterocycles. The monoisotopic (exact) mass is 257 g/mol. The van der Waals surface area contributed by atoms with Crippen molar-refractivity contribution < 1.29 is 0 Å². The molecule has 1 unspecified atom stereocenters. The summed E-state index contributed by atoms with van der Waals surface area (Å²) in [6, 6.07) is 0.301. The summed E-state index contributed by atoms with van der Waals surface area (Å²) in [5.74, 6) is 3.10. The minimum atomic E-state index is 0.301. The van der Waals surface area contributed by atoms with Crippen LogP contribution in [0.3, 0.4) is 0 Å². The predicted molar refractivity (Wildman–Crippen MR) is 69.2 cm³/mol. The second-order valence-corrected chi connectivity index (χ2v) is 5.66. The highest BCUT2D eigenvalue weighted by Crippen LogP contribution is 2.27. The van der Waals surface area contributed by atoms with Crippen LogP contribution in [-0.4, -0.2) is 40.0 Å². The lowest BCUT2D eigenvalue weighted by Crippen LogP contribution is -2.34. The van der Waals surface area contributed by atoms with Crippen molar-refractivity contribution in [2.45, 2.75) is 19.9 Å². The topological polar surface area (TPSA) is 29.0 Å². The standard InChI is InChI=1S/C11H16ClN3S/c1-7-8(2)13-11(14-10(7)12)9-6-16-5-4-15(9)3/h9H,4-6H2,1-3H3. The van der Waals surface area contributed by atoms with E-state index in [2.05, 4.69) is 21.9 Å². The van der Waals surface area contributed by atoms with E-state index in [9.17, 15) is 0 Å². The Balaban J connectivity index is 2.32. The first-order chi connectivity index (χ1) is 7.59. The first kappa shape index (κ1) is 12.1. The Morgan fingerprint density at radius 1 is 1.38 bits per heavy atom. The molecule has 0 aliphatic carbocycles. The smallest absolute Gasteiger partial charge is 0.148 e. The molecule has 0 radical (unpaired) electrons. The predicted octanol–water partition coefficient (Wildman–Crippen LogP) is 2.47. The molecule has 1 atom stereocenters. The summed E-state index contributed by atoms with van der Waals surface area (Å²) in [4.78, 5) is 11.3. The van der Waals surface area contributed by atoms with Gasteiger partial charge in [-0.15, -0.1) is 0 Å². The molecule has 5 heteroatoms. The first-order valence-corrected chi connectivity index (χ1v) is 6.91. The van der Waals surface area contributed by atoms with E-state index in [1.54, 1.807) is 0 Å². The fourth-order valence-electron chi connectivity index (χ4n) is 1.72. The molecule has 0 bridgehead atoms. The zero-order valence-corrected chi connectivity index (χ0v) is 11.4. The van der Waals surface area contributed by atoms with Gasteiger partial charge < -0.3 is 0 Å². The molecular formula is C11H16ClN3S. The number of halogens is 1. The van der Waals surface area contributed by atoms with E-state index in [1.165, 1.54) is 5.75 Å². The van der Waals surface area contributed by atoms with Crippen LogP contribution < -0.4 is 0 Å². The summed E-state index contributed by atoms with van der Waals surface area (Å²) < 4.78 is 0. The van der Waals surface area contributed by atoms with Gasteiger partial charge in [-0.25, -0.2) is 9.97 Å². The van der Waals surface area contributed by atoms with Crippen molar-refractivity contribution in [3.63, 3.8) is 0 Å². The van der Waals surface area contributed by atoms with Crippen LogP contribution in [0.5, 0.6) is 0 Å². The van der Waals surface area contributed by atoms with E-state index in [4.69, 9.17) is 11.6 Å². The molecule has 0 N–H and O–H groups in total. The number of hydrogen-bond donors (Lipinski definition) is 0. The Bertz CT molecular complexity index is 374. The fourth-order valence-corrected chi connectivity index (χ4v) is 3.16. The number of aryl methyl sites for hydroxylation is 1. The van der Waals surface area contributed by atoms with Gasteiger partial charge in [0.25, 0.3) is 0 Å². The third kappa shape index (κ3) is 2.34. The quantitative estimate of drug-likeness (QED) is 0.723. The molecule has 2 rings (SSSR count). The Morgan fingerprint density at radius 2 is 2.12 bits per heavy atom. The normalized spacial score (nSPS) is 22.4. The van der Waals surface area contributed by atoms with Crippen molar-refractivity contribution in [1.29, 1.82) is 0 Å². The van der Waals surface area contributed by atoms with E-state index < -0.39 is 0 Å². The molecule has 3 nitrogen and oxygen atoms in total. The van der Waals surface area contributed by atoms with Gasteiger partial charge in [-0.05, 0) is 20.9 Å². The van der Waals surface area contributed by atoms with Crippen LogP contribution >= 0.6 is 23.4 Å². The average Bonchev–Trinajstić information content (AvgIpc) is 2.26. The molecular weight excluding hydrogens is 242 g/mol. The second-order valence-electron chi connectivity index (χ2n) is 4.15. The van der Waals surface area contributed by atoms with E-state index in [1.807, 2.05) is 25.6 Å². The van der Waals surface area contributed by atoms with Gasteiger partial charge in [-0.1, -0.05) is 11.6 Å². The lowest BCUT2D eigenvalue weighted by molar-refractivity contribution is 0.264. The van der Waals surface area contributed by atoms with Crippen LogP contribution in [0.25, 0.3) is 0 Å². The summed E-state index contributed by atoms with van der Waals surface area (Å²) in [5.41, 5.74) is 1.97. The number of thioether (sulfide) groups is 1. The molecule has 0 amide bonds. The molecule has 88 valence electrons. The van der Waals surface area contributed by atoms with E-state index >= 15 is 0 Å². The van der Waals surface area contributed by atoms with Gasteiger partial charge in [-0.3, -0.25) is 4.90 Å². The van der Waals surface area contributed by atoms with Gasteiger partial charge in [0.2, 0.25) is 0 Å². The van der Waals surface area contributed by atoms with Gasteiger partial charge in [0.05, 0.1) is 6.04 Å². The molecule has 16 heavy (non-hydrogen) atoms. The van der Waals surface area contributed by atoms with Crippen molar-refractivity contribution >= 4 is 23.4 Å². The van der Waals surface area contributed by atoms with Gasteiger partial charge in [0.15, 0.2) is 0 Å². The minimum absolute atomic E-state index is 0.301. The lowest BCUT2D eigenvalue weighted by atomic mass is 10.2. The summed E-state index contributed by atoms with van der Waals surface area (Å²) in [6.07, 6.45) is 0. The zero-order valence-electron chi connectivity index (χ0n) is 9.83. The van der Waals surface area contributed by atoms with Gasteiger partial charge in [0, 0.05) is 29.3 Å². The summed E-state index contributed by atoms with van der Waals surface area (Å²) in [6.45, 7) is 5.03. The molecule has 1 fully saturated rings. The van der Waals surface area contributed by atoms with Crippen LogP contribution in [0, 0.1) is 13.8 Å². The SMILES string of the molecule is Cc1nc(C2CSCCN2C)nc(Cl)c1C. The van der Waals surface area contributed by atoms with Crippen LogP contribution in [0.4, 0.5) is 0 Å². The highest BCUT2D eigenvalue weighted by molar-refractivity contribution is 7.99. The molecule has 0 saturated carbocycles. The number of hydrogen-bond acceptors (Lipinski definition) is 4. The fraction of sp³-hybridized carbons (Fsp3) is 0.636. The van der Waals surface area contributed by atoms with Gasteiger partial charge in [0.1, 0.15) is 11.0 Å². The number of rotatable bonds is 1. The van der Waals surface area contributed by atoms with Crippen molar-refractivity contribution in [2.24, 2.45) is 0 Å². The Morgan fingerprint density at radius 3 is 2.75 bits per heavy atom. The largest absolute Gasteiger partial charge is 0.295 e. The van der Waals surface area contributed by atoms with Crippen molar-refractivity contribution in [2.75, 3.05) is 25.1 Å². The molecule has 1 aromatic rings. The second kappa shape index (κ2) is 4.90. The van der Waals surface area contributed by atoms with Crippen LogP contribution in [0.1, 0.15) is 23.1 Å². The van der Waals surface area contributed by atoms with Crippen molar-refractivity contribution in [1.82, 2.24) is 14.9 Å². The third-order valence-corrected chi connectivity index (χ3v) is 4.43. The van der Waals surface area contributed by atoms with Crippen LogP contribution in [0.15, 0.2) is 0 Å². The highest BCUT2D eigenvalue weighted by atomic mass is 35.5. The Hall–Kier alpha value is -0.320. The summed E-state index contributed by atoms with van der Waals surface area (Å²) >= 11 is 8.06.